The highest BCUT2D eigenvalue weighted by Crippen LogP contribution is 2.31. The van der Waals surface area contributed by atoms with Gasteiger partial charge in [-0.25, -0.2) is 0 Å². The zero-order chi connectivity index (χ0) is 13.8. The van der Waals surface area contributed by atoms with Gasteiger partial charge in [-0.1, -0.05) is 53.5 Å². The Morgan fingerprint density at radius 3 is 2.26 bits per heavy atom. The normalized spacial score (nSPS) is 10.5. The maximum atomic E-state index is 9.40. The third-order valence-corrected chi connectivity index (χ3v) is 3.66. The summed E-state index contributed by atoms with van der Waals surface area (Å²) in [5, 5.41) is 10.8. The SMILES string of the molecule is CN(Cc1ccccc1Cl)c1c(Cl)cccc1CO. The summed E-state index contributed by atoms with van der Waals surface area (Å²) in [6.07, 6.45) is 0. The van der Waals surface area contributed by atoms with E-state index in [-0.39, 0.29) is 6.61 Å². The van der Waals surface area contributed by atoms with Crippen LogP contribution in [-0.4, -0.2) is 12.2 Å². The van der Waals surface area contributed by atoms with Gasteiger partial charge in [-0.2, -0.15) is 0 Å². The summed E-state index contributed by atoms with van der Waals surface area (Å²) in [5.41, 5.74) is 2.67. The second-order valence-electron chi connectivity index (χ2n) is 4.35. The lowest BCUT2D eigenvalue weighted by atomic mass is 10.1. The van der Waals surface area contributed by atoms with Crippen LogP contribution in [0.25, 0.3) is 0 Å². The van der Waals surface area contributed by atoms with Crippen molar-refractivity contribution in [2.24, 2.45) is 0 Å². The highest BCUT2D eigenvalue weighted by Gasteiger charge is 2.12. The Labute approximate surface area is 123 Å². The number of benzene rings is 2. The first-order valence-electron chi connectivity index (χ1n) is 5.96. The van der Waals surface area contributed by atoms with Gasteiger partial charge < -0.3 is 10.0 Å². The molecule has 4 heteroatoms. The molecule has 2 aromatic carbocycles. The molecule has 0 heterocycles. The zero-order valence-corrected chi connectivity index (χ0v) is 12.1. The molecule has 0 saturated carbocycles. The Bertz CT molecular complexity index is 572. The standard InChI is InChI=1S/C15H15Cl2NO/c1-18(9-11-5-2-3-7-13(11)16)15-12(10-19)6-4-8-14(15)17/h2-8,19H,9-10H2,1H3. The van der Waals surface area contributed by atoms with Gasteiger partial charge in [-0.3, -0.25) is 0 Å². The van der Waals surface area contributed by atoms with Gasteiger partial charge in [0.05, 0.1) is 17.3 Å². The van der Waals surface area contributed by atoms with Crippen molar-refractivity contribution in [1.29, 1.82) is 0 Å². The Kier molecular flexibility index (Phi) is 4.70. The van der Waals surface area contributed by atoms with Crippen molar-refractivity contribution in [2.45, 2.75) is 13.2 Å². The minimum atomic E-state index is -0.0389. The molecule has 0 bridgehead atoms. The van der Waals surface area contributed by atoms with Crippen LogP contribution in [0.5, 0.6) is 0 Å². The Hall–Kier alpha value is -1.22. The Morgan fingerprint density at radius 1 is 0.947 bits per heavy atom. The van der Waals surface area contributed by atoms with E-state index < -0.39 is 0 Å². The molecule has 0 spiro atoms. The molecule has 100 valence electrons. The molecule has 0 radical (unpaired) electrons. The van der Waals surface area contributed by atoms with Crippen LogP contribution in [0.3, 0.4) is 0 Å². The summed E-state index contributed by atoms with van der Waals surface area (Å²) < 4.78 is 0. The Balaban J connectivity index is 2.30. The van der Waals surface area contributed by atoms with Crippen molar-refractivity contribution in [3.05, 3.63) is 63.6 Å². The third-order valence-electron chi connectivity index (χ3n) is 2.99. The molecule has 19 heavy (non-hydrogen) atoms. The van der Waals surface area contributed by atoms with Gasteiger partial charge in [0.1, 0.15) is 0 Å². The van der Waals surface area contributed by atoms with Crippen LogP contribution in [0.2, 0.25) is 10.0 Å². The lowest BCUT2D eigenvalue weighted by molar-refractivity contribution is 0.282. The first-order valence-corrected chi connectivity index (χ1v) is 6.72. The summed E-state index contributed by atoms with van der Waals surface area (Å²) in [6, 6.07) is 13.2. The van der Waals surface area contributed by atoms with Gasteiger partial charge in [0, 0.05) is 24.2 Å². The number of nitrogens with zero attached hydrogens (tertiary/aromatic N) is 1. The molecule has 0 aliphatic carbocycles. The predicted molar refractivity (Wildman–Crippen MR) is 80.9 cm³/mol. The molecule has 0 atom stereocenters. The highest BCUT2D eigenvalue weighted by atomic mass is 35.5. The number of rotatable bonds is 4. The van der Waals surface area contributed by atoms with Gasteiger partial charge >= 0.3 is 0 Å². The number of anilines is 1. The number of hydrogen-bond donors (Lipinski definition) is 1. The summed E-state index contributed by atoms with van der Waals surface area (Å²) in [5.74, 6) is 0. The summed E-state index contributed by atoms with van der Waals surface area (Å²) in [7, 11) is 1.93. The number of halogens is 2. The minimum absolute atomic E-state index is 0.0389. The summed E-state index contributed by atoms with van der Waals surface area (Å²) >= 11 is 12.4. The van der Waals surface area contributed by atoms with Crippen molar-refractivity contribution in [3.63, 3.8) is 0 Å². The number of para-hydroxylation sites is 1. The molecular formula is C15H15Cl2NO. The van der Waals surface area contributed by atoms with Gasteiger partial charge in [0.25, 0.3) is 0 Å². The second-order valence-corrected chi connectivity index (χ2v) is 5.17. The minimum Gasteiger partial charge on any atom is -0.392 e. The number of aliphatic hydroxyl groups excluding tert-OH is 1. The lowest BCUT2D eigenvalue weighted by Crippen LogP contribution is -2.18. The molecule has 0 unspecified atom stereocenters. The topological polar surface area (TPSA) is 23.5 Å². The van der Waals surface area contributed by atoms with Crippen molar-refractivity contribution in [3.8, 4) is 0 Å². The largest absolute Gasteiger partial charge is 0.392 e. The molecule has 0 aliphatic heterocycles. The average molecular weight is 296 g/mol. The van der Waals surface area contributed by atoms with E-state index in [1.807, 2.05) is 54.4 Å². The molecule has 0 aliphatic rings. The maximum Gasteiger partial charge on any atom is 0.0702 e. The predicted octanol–water partition coefficient (Wildman–Crippen LogP) is 4.12. The zero-order valence-electron chi connectivity index (χ0n) is 10.6. The molecule has 0 fully saturated rings. The smallest absolute Gasteiger partial charge is 0.0702 e. The van der Waals surface area contributed by atoms with Crippen molar-refractivity contribution in [1.82, 2.24) is 0 Å². The van der Waals surface area contributed by atoms with E-state index in [2.05, 4.69) is 0 Å². The van der Waals surface area contributed by atoms with E-state index in [4.69, 9.17) is 23.2 Å². The van der Waals surface area contributed by atoms with Gasteiger partial charge in [-0.05, 0) is 17.7 Å². The van der Waals surface area contributed by atoms with Crippen LogP contribution in [0.4, 0.5) is 5.69 Å². The highest BCUT2D eigenvalue weighted by molar-refractivity contribution is 6.33. The summed E-state index contributed by atoms with van der Waals surface area (Å²) in [4.78, 5) is 2.00. The maximum absolute atomic E-state index is 9.40. The van der Waals surface area contributed by atoms with E-state index in [0.29, 0.717) is 11.6 Å². The fourth-order valence-corrected chi connectivity index (χ4v) is 2.61. The number of hydrogen-bond acceptors (Lipinski definition) is 2. The Morgan fingerprint density at radius 2 is 1.58 bits per heavy atom. The molecule has 2 aromatic rings. The number of aliphatic hydroxyl groups is 1. The fourth-order valence-electron chi connectivity index (χ4n) is 2.08. The molecular weight excluding hydrogens is 281 g/mol. The van der Waals surface area contributed by atoms with Gasteiger partial charge in [0.15, 0.2) is 0 Å². The van der Waals surface area contributed by atoms with Crippen LogP contribution in [0.15, 0.2) is 42.5 Å². The molecule has 0 saturated heterocycles. The molecule has 0 aromatic heterocycles. The summed E-state index contributed by atoms with van der Waals surface area (Å²) in [6.45, 7) is 0.596. The first-order chi connectivity index (χ1) is 9.13. The van der Waals surface area contributed by atoms with E-state index in [0.717, 1.165) is 21.8 Å². The van der Waals surface area contributed by atoms with Crippen LogP contribution in [-0.2, 0) is 13.2 Å². The van der Waals surface area contributed by atoms with Gasteiger partial charge in [-0.15, -0.1) is 0 Å². The van der Waals surface area contributed by atoms with E-state index in [1.54, 1.807) is 0 Å². The van der Waals surface area contributed by atoms with Crippen molar-refractivity contribution < 1.29 is 5.11 Å². The monoisotopic (exact) mass is 295 g/mol. The molecule has 0 amide bonds. The van der Waals surface area contributed by atoms with Crippen molar-refractivity contribution in [2.75, 3.05) is 11.9 Å². The molecule has 2 nitrogen and oxygen atoms in total. The van der Waals surface area contributed by atoms with Crippen LogP contribution in [0.1, 0.15) is 11.1 Å². The second kappa shape index (κ2) is 6.29. The van der Waals surface area contributed by atoms with E-state index in [1.165, 1.54) is 0 Å². The average Bonchev–Trinajstić information content (AvgIpc) is 2.40. The molecule has 1 N–H and O–H groups in total. The molecule has 2 rings (SSSR count). The van der Waals surface area contributed by atoms with Gasteiger partial charge in [0.2, 0.25) is 0 Å². The first kappa shape index (κ1) is 14.2. The van der Waals surface area contributed by atoms with E-state index >= 15 is 0 Å². The van der Waals surface area contributed by atoms with Crippen molar-refractivity contribution >= 4 is 28.9 Å². The van der Waals surface area contributed by atoms with Crippen LogP contribution >= 0.6 is 23.2 Å². The van der Waals surface area contributed by atoms with E-state index in [9.17, 15) is 5.11 Å². The van der Waals surface area contributed by atoms with Crippen LogP contribution in [0, 0.1) is 0 Å². The third kappa shape index (κ3) is 3.21. The quantitative estimate of drug-likeness (QED) is 0.917. The fraction of sp³-hybridized carbons (Fsp3) is 0.200. The lowest BCUT2D eigenvalue weighted by Gasteiger charge is -2.23. The van der Waals surface area contributed by atoms with Crippen LogP contribution < -0.4 is 4.90 Å².